The third kappa shape index (κ3) is 2.67. The number of nitrogens with zero attached hydrogens (tertiary/aromatic N) is 1. The lowest BCUT2D eigenvalue weighted by molar-refractivity contribution is -0.140. The van der Waals surface area contributed by atoms with E-state index >= 15 is 0 Å². The summed E-state index contributed by atoms with van der Waals surface area (Å²) in [5, 5.41) is 9.34. The molecule has 1 amide bonds. The molecule has 1 aromatic rings. The van der Waals surface area contributed by atoms with Crippen LogP contribution in [0.2, 0.25) is 0 Å². The Kier molecular flexibility index (Phi) is 3.81. The number of carboxylic acids is 1. The van der Waals surface area contributed by atoms with Crippen LogP contribution in [0.5, 0.6) is 0 Å². The zero-order valence-corrected chi connectivity index (χ0v) is 11.9. The maximum atomic E-state index is 12.5. The van der Waals surface area contributed by atoms with Gasteiger partial charge in [0.05, 0.1) is 12.0 Å². The smallest absolute Gasteiger partial charge is 0.327 e. The number of benzene rings is 1. The fourth-order valence-electron chi connectivity index (χ4n) is 2.41. The molecule has 0 spiro atoms. The first-order chi connectivity index (χ1) is 9.35. The lowest BCUT2D eigenvalue weighted by Crippen LogP contribution is -2.45. The molecule has 0 aromatic heterocycles. The quantitative estimate of drug-likeness (QED) is 0.912. The molecular formula is C15H19NO4. The van der Waals surface area contributed by atoms with Crippen molar-refractivity contribution in [2.75, 3.05) is 12.0 Å². The number of para-hydroxylation sites is 1. The molecule has 0 bridgehead atoms. The maximum absolute atomic E-state index is 12.5. The van der Waals surface area contributed by atoms with Crippen molar-refractivity contribution in [3.63, 3.8) is 0 Å². The topological polar surface area (TPSA) is 66.8 Å². The van der Waals surface area contributed by atoms with E-state index in [1.165, 1.54) is 4.90 Å². The van der Waals surface area contributed by atoms with Gasteiger partial charge >= 0.3 is 5.97 Å². The van der Waals surface area contributed by atoms with E-state index in [4.69, 9.17) is 4.74 Å². The predicted molar refractivity (Wildman–Crippen MR) is 74.8 cm³/mol. The van der Waals surface area contributed by atoms with E-state index in [0.29, 0.717) is 12.1 Å². The van der Waals surface area contributed by atoms with E-state index in [1.807, 2.05) is 32.0 Å². The van der Waals surface area contributed by atoms with Gasteiger partial charge in [-0.1, -0.05) is 18.2 Å². The van der Waals surface area contributed by atoms with Gasteiger partial charge in [-0.3, -0.25) is 9.69 Å². The normalized spacial score (nSPS) is 17.9. The monoisotopic (exact) mass is 277 g/mol. The second kappa shape index (κ2) is 5.25. The molecule has 108 valence electrons. The molecule has 5 nitrogen and oxygen atoms in total. The van der Waals surface area contributed by atoms with E-state index in [0.717, 1.165) is 5.56 Å². The largest absolute Gasteiger partial charge is 0.480 e. The second-order valence-electron chi connectivity index (χ2n) is 5.59. The Balaban J connectivity index is 2.31. The fourth-order valence-corrected chi connectivity index (χ4v) is 2.41. The summed E-state index contributed by atoms with van der Waals surface area (Å²) in [5.74, 6) is -1.21. The number of hydrogen-bond acceptors (Lipinski definition) is 3. The van der Waals surface area contributed by atoms with E-state index in [9.17, 15) is 14.7 Å². The molecule has 0 aliphatic carbocycles. The number of ether oxygens (including phenoxy) is 1. The minimum Gasteiger partial charge on any atom is -0.480 e. The number of hydrogen-bond donors (Lipinski definition) is 1. The number of amides is 1. The van der Waals surface area contributed by atoms with E-state index < -0.39 is 17.6 Å². The van der Waals surface area contributed by atoms with Crippen LogP contribution in [0.3, 0.4) is 0 Å². The molecule has 0 radical (unpaired) electrons. The van der Waals surface area contributed by atoms with Crippen molar-refractivity contribution in [3.05, 3.63) is 29.8 Å². The van der Waals surface area contributed by atoms with Crippen molar-refractivity contribution in [1.29, 1.82) is 0 Å². The van der Waals surface area contributed by atoms with Gasteiger partial charge in [-0.15, -0.1) is 0 Å². The van der Waals surface area contributed by atoms with Crippen molar-refractivity contribution in [1.82, 2.24) is 0 Å². The fraction of sp³-hybridized carbons (Fsp3) is 0.467. The highest BCUT2D eigenvalue weighted by Crippen LogP contribution is 2.33. The summed E-state index contributed by atoms with van der Waals surface area (Å²) in [4.78, 5) is 25.3. The lowest BCUT2D eigenvalue weighted by Gasteiger charge is -2.28. The molecule has 1 aromatic carbocycles. The minimum atomic E-state index is -0.982. The zero-order valence-electron chi connectivity index (χ0n) is 11.9. The maximum Gasteiger partial charge on any atom is 0.327 e. The molecule has 1 atom stereocenters. The molecule has 5 heteroatoms. The van der Waals surface area contributed by atoms with Crippen molar-refractivity contribution in [2.24, 2.45) is 0 Å². The molecule has 0 saturated carbocycles. The Morgan fingerprint density at radius 1 is 1.40 bits per heavy atom. The Labute approximate surface area is 118 Å². The minimum absolute atomic E-state index is 0.140. The lowest BCUT2D eigenvalue weighted by atomic mass is 10.0. The number of carbonyl (C=O) groups is 2. The summed E-state index contributed by atoms with van der Waals surface area (Å²) >= 11 is 0. The highest BCUT2D eigenvalue weighted by Gasteiger charge is 2.39. The molecule has 2 rings (SSSR count). The first-order valence-electron chi connectivity index (χ1n) is 6.53. The van der Waals surface area contributed by atoms with Gasteiger partial charge in [0.2, 0.25) is 5.91 Å². The Morgan fingerprint density at radius 3 is 2.65 bits per heavy atom. The second-order valence-corrected chi connectivity index (χ2v) is 5.59. The van der Waals surface area contributed by atoms with E-state index in [1.54, 1.807) is 13.2 Å². The van der Waals surface area contributed by atoms with Gasteiger partial charge in [0, 0.05) is 19.2 Å². The van der Waals surface area contributed by atoms with Crippen LogP contribution < -0.4 is 4.90 Å². The van der Waals surface area contributed by atoms with Gasteiger partial charge in [-0.25, -0.2) is 4.79 Å². The van der Waals surface area contributed by atoms with Crippen LogP contribution in [0.25, 0.3) is 0 Å². The summed E-state index contributed by atoms with van der Waals surface area (Å²) in [7, 11) is 1.54. The predicted octanol–water partition coefficient (Wildman–Crippen LogP) is 1.84. The third-order valence-corrected chi connectivity index (χ3v) is 3.66. The standard InChI is InChI=1S/C15H19NO4/c1-15(2,20-3)9-13(17)16-11-7-5-4-6-10(11)8-12(16)14(18)19/h4-7,12H,8-9H2,1-3H3,(H,18,19)/t12-/m0/s1. The summed E-state index contributed by atoms with van der Waals surface area (Å²) in [6.07, 6.45) is 0.492. The zero-order chi connectivity index (χ0) is 14.9. The van der Waals surface area contributed by atoms with Gasteiger partial charge in [0.25, 0.3) is 0 Å². The van der Waals surface area contributed by atoms with Crippen LogP contribution in [0.4, 0.5) is 5.69 Å². The van der Waals surface area contributed by atoms with Crippen LogP contribution in [-0.2, 0) is 20.7 Å². The molecule has 1 N–H and O–H groups in total. The third-order valence-electron chi connectivity index (χ3n) is 3.66. The highest BCUT2D eigenvalue weighted by atomic mass is 16.5. The first kappa shape index (κ1) is 14.5. The molecular weight excluding hydrogens is 258 g/mol. The summed E-state index contributed by atoms with van der Waals surface area (Å²) < 4.78 is 5.26. The Bertz CT molecular complexity index is 538. The number of carbonyl (C=O) groups excluding carboxylic acids is 1. The van der Waals surface area contributed by atoms with Crippen LogP contribution in [0, 0.1) is 0 Å². The van der Waals surface area contributed by atoms with Gasteiger partial charge in [0.1, 0.15) is 6.04 Å². The summed E-state index contributed by atoms with van der Waals surface area (Å²) in [6.45, 7) is 3.62. The Morgan fingerprint density at radius 2 is 2.05 bits per heavy atom. The molecule has 1 heterocycles. The van der Waals surface area contributed by atoms with Crippen molar-refractivity contribution < 1.29 is 19.4 Å². The summed E-state index contributed by atoms with van der Waals surface area (Å²) in [5.41, 5.74) is 0.970. The number of carboxylic acid groups (broad SMARTS) is 1. The molecule has 1 aliphatic heterocycles. The highest BCUT2D eigenvalue weighted by molar-refractivity contribution is 6.02. The summed E-state index contributed by atoms with van der Waals surface area (Å²) in [6, 6.07) is 6.48. The van der Waals surface area contributed by atoms with Crippen LogP contribution in [0.15, 0.2) is 24.3 Å². The average molecular weight is 277 g/mol. The first-order valence-corrected chi connectivity index (χ1v) is 6.53. The number of anilines is 1. The molecule has 20 heavy (non-hydrogen) atoms. The SMILES string of the molecule is COC(C)(C)CC(=O)N1c2ccccc2C[C@H]1C(=O)O. The molecule has 0 unspecified atom stereocenters. The molecule has 1 aliphatic rings. The van der Waals surface area contributed by atoms with Crippen LogP contribution in [-0.4, -0.2) is 35.7 Å². The van der Waals surface area contributed by atoms with Crippen molar-refractivity contribution in [3.8, 4) is 0 Å². The van der Waals surface area contributed by atoms with Gasteiger partial charge < -0.3 is 9.84 Å². The molecule has 0 saturated heterocycles. The van der Waals surface area contributed by atoms with Crippen LogP contribution >= 0.6 is 0 Å². The van der Waals surface area contributed by atoms with Crippen LogP contribution in [0.1, 0.15) is 25.8 Å². The average Bonchev–Trinajstić information content (AvgIpc) is 2.77. The van der Waals surface area contributed by atoms with Gasteiger partial charge in [-0.05, 0) is 25.5 Å². The van der Waals surface area contributed by atoms with Gasteiger partial charge in [0.15, 0.2) is 0 Å². The van der Waals surface area contributed by atoms with E-state index in [2.05, 4.69) is 0 Å². The van der Waals surface area contributed by atoms with Crippen molar-refractivity contribution in [2.45, 2.75) is 38.3 Å². The van der Waals surface area contributed by atoms with Gasteiger partial charge in [-0.2, -0.15) is 0 Å². The van der Waals surface area contributed by atoms with Crippen molar-refractivity contribution >= 4 is 17.6 Å². The molecule has 0 fully saturated rings. The number of methoxy groups -OCH3 is 1. The Hall–Kier alpha value is -1.88. The number of fused-ring (bicyclic) bond motifs is 1. The number of rotatable bonds is 4. The van der Waals surface area contributed by atoms with E-state index in [-0.39, 0.29) is 12.3 Å². The number of aliphatic carboxylic acids is 1.